The minimum Gasteiger partial charge on any atom is -0.502 e. The minimum absolute atomic E-state index is 0.323. The van der Waals surface area contributed by atoms with E-state index >= 15 is 0 Å². The van der Waals surface area contributed by atoms with E-state index in [2.05, 4.69) is 18.8 Å². The summed E-state index contributed by atoms with van der Waals surface area (Å²) in [4.78, 5) is 14.5. The van der Waals surface area contributed by atoms with Crippen molar-refractivity contribution in [2.75, 3.05) is 0 Å². The van der Waals surface area contributed by atoms with Crippen LogP contribution in [-0.2, 0) is 0 Å². The summed E-state index contributed by atoms with van der Waals surface area (Å²) in [6, 6.07) is 12.1. The van der Waals surface area contributed by atoms with Gasteiger partial charge < -0.3 is 5.11 Å². The van der Waals surface area contributed by atoms with Crippen LogP contribution in [0.5, 0.6) is 5.75 Å². The van der Waals surface area contributed by atoms with Gasteiger partial charge in [-0.1, -0.05) is 26.0 Å². The van der Waals surface area contributed by atoms with Crippen molar-refractivity contribution in [2.45, 2.75) is 26.2 Å². The van der Waals surface area contributed by atoms with Crippen LogP contribution in [-0.4, -0.2) is 16.2 Å². The number of benzene rings is 2. The Bertz CT molecular complexity index is 694. The second-order valence-electron chi connectivity index (χ2n) is 5.16. The van der Waals surface area contributed by atoms with Gasteiger partial charge >= 0.3 is 5.69 Å². The molecule has 0 radical (unpaired) electrons. The van der Waals surface area contributed by atoms with Gasteiger partial charge in [0.1, 0.15) is 0 Å². The molecule has 0 aliphatic rings. The van der Waals surface area contributed by atoms with E-state index in [1.165, 1.54) is 17.7 Å². The van der Waals surface area contributed by atoms with Crippen LogP contribution in [0.3, 0.4) is 0 Å². The van der Waals surface area contributed by atoms with Gasteiger partial charge in [-0.15, -0.1) is 0 Å². The van der Waals surface area contributed by atoms with Gasteiger partial charge in [-0.3, -0.25) is 15.1 Å². The van der Waals surface area contributed by atoms with Crippen LogP contribution in [0, 0.1) is 10.1 Å². The first-order chi connectivity index (χ1) is 10.5. The molecular formula is C17H18N2O3. The molecule has 0 amide bonds. The number of hydrogen-bond acceptors (Lipinski definition) is 4. The molecule has 0 saturated heterocycles. The van der Waals surface area contributed by atoms with E-state index in [9.17, 15) is 15.2 Å². The lowest BCUT2D eigenvalue weighted by Crippen LogP contribution is -1.91. The number of rotatable bonds is 5. The van der Waals surface area contributed by atoms with Gasteiger partial charge in [-0.25, -0.2) is 0 Å². The Kier molecular flexibility index (Phi) is 4.88. The maximum absolute atomic E-state index is 10.8. The first-order valence-corrected chi connectivity index (χ1v) is 7.12. The lowest BCUT2D eigenvalue weighted by atomic mass is 9.99. The standard InChI is InChI=1S/C17H18N2O3/c1-3-12(2)14-5-7-15(8-6-14)18-11-13-4-9-17(20)16(10-13)19(21)22/h4-12,20H,3H2,1-2H3/t12-/m0/s1. The number of phenols is 1. The smallest absolute Gasteiger partial charge is 0.311 e. The summed E-state index contributed by atoms with van der Waals surface area (Å²) in [5.74, 6) is 0.165. The average molecular weight is 298 g/mol. The fraction of sp³-hybridized carbons (Fsp3) is 0.235. The molecule has 5 heteroatoms. The molecule has 114 valence electrons. The molecule has 2 aromatic rings. The van der Waals surface area contributed by atoms with Crippen molar-refractivity contribution in [1.29, 1.82) is 0 Å². The van der Waals surface area contributed by atoms with E-state index in [1.54, 1.807) is 12.3 Å². The monoisotopic (exact) mass is 298 g/mol. The molecule has 0 fully saturated rings. The number of aliphatic imine (C=N–C) groups is 1. The molecule has 1 N–H and O–H groups in total. The Morgan fingerprint density at radius 3 is 2.55 bits per heavy atom. The summed E-state index contributed by atoms with van der Waals surface area (Å²) >= 11 is 0. The number of nitro benzene ring substituents is 1. The number of aromatic hydroxyl groups is 1. The molecule has 0 spiro atoms. The summed E-state index contributed by atoms with van der Waals surface area (Å²) in [6.45, 7) is 4.32. The Morgan fingerprint density at radius 2 is 1.95 bits per heavy atom. The van der Waals surface area contributed by atoms with Gasteiger partial charge in [0.25, 0.3) is 0 Å². The fourth-order valence-electron chi connectivity index (χ4n) is 2.04. The molecule has 0 unspecified atom stereocenters. The van der Waals surface area contributed by atoms with Crippen LogP contribution in [0.1, 0.15) is 37.3 Å². The minimum atomic E-state index is -0.617. The van der Waals surface area contributed by atoms with Gasteiger partial charge in [0.15, 0.2) is 5.75 Å². The lowest BCUT2D eigenvalue weighted by molar-refractivity contribution is -0.385. The molecular weight excluding hydrogens is 280 g/mol. The topological polar surface area (TPSA) is 75.7 Å². The zero-order valence-corrected chi connectivity index (χ0v) is 12.6. The van der Waals surface area contributed by atoms with E-state index in [0.717, 1.165) is 12.1 Å². The lowest BCUT2D eigenvalue weighted by Gasteiger charge is -2.08. The number of nitrogens with zero attached hydrogens (tertiary/aromatic N) is 2. The quantitative estimate of drug-likeness (QED) is 0.499. The summed E-state index contributed by atoms with van der Waals surface area (Å²) in [7, 11) is 0. The first kappa shape index (κ1) is 15.7. The zero-order valence-electron chi connectivity index (χ0n) is 12.6. The average Bonchev–Trinajstić information content (AvgIpc) is 2.53. The molecule has 0 aliphatic heterocycles. The molecule has 1 atom stereocenters. The van der Waals surface area contributed by atoms with Gasteiger partial charge in [0.05, 0.1) is 10.6 Å². The van der Waals surface area contributed by atoms with Crippen LogP contribution < -0.4 is 0 Å². The Balaban J connectivity index is 2.18. The SMILES string of the molecule is CC[C@H](C)c1ccc(N=Cc2ccc(O)c([N+](=O)[O-])c2)cc1. The van der Waals surface area contributed by atoms with Gasteiger partial charge in [0.2, 0.25) is 0 Å². The molecule has 0 aromatic heterocycles. The van der Waals surface area contributed by atoms with E-state index in [-0.39, 0.29) is 11.4 Å². The van der Waals surface area contributed by atoms with Gasteiger partial charge in [-0.05, 0) is 47.7 Å². The van der Waals surface area contributed by atoms with Crippen LogP contribution in [0.2, 0.25) is 0 Å². The van der Waals surface area contributed by atoms with Gasteiger partial charge in [-0.2, -0.15) is 0 Å². The molecule has 2 rings (SSSR count). The highest BCUT2D eigenvalue weighted by molar-refractivity contribution is 5.83. The molecule has 0 saturated carbocycles. The summed E-state index contributed by atoms with van der Waals surface area (Å²) in [5.41, 5.74) is 2.29. The first-order valence-electron chi connectivity index (χ1n) is 7.12. The summed E-state index contributed by atoms with van der Waals surface area (Å²) in [6.07, 6.45) is 2.63. The maximum atomic E-state index is 10.8. The zero-order chi connectivity index (χ0) is 16.1. The fourth-order valence-corrected chi connectivity index (χ4v) is 2.04. The van der Waals surface area contributed by atoms with Crippen LogP contribution in [0.15, 0.2) is 47.5 Å². The normalized spacial score (nSPS) is 12.5. The molecule has 0 heterocycles. The second-order valence-corrected chi connectivity index (χ2v) is 5.16. The van der Waals surface area contributed by atoms with Crippen LogP contribution in [0.4, 0.5) is 11.4 Å². The number of hydrogen-bond donors (Lipinski definition) is 1. The molecule has 0 aliphatic carbocycles. The third kappa shape index (κ3) is 3.69. The Labute approximate surface area is 129 Å². The highest BCUT2D eigenvalue weighted by Crippen LogP contribution is 2.26. The van der Waals surface area contributed by atoms with E-state index < -0.39 is 4.92 Å². The van der Waals surface area contributed by atoms with E-state index in [4.69, 9.17) is 0 Å². The third-order valence-corrected chi connectivity index (χ3v) is 3.63. The summed E-state index contributed by atoms with van der Waals surface area (Å²) in [5, 5.41) is 20.2. The highest BCUT2D eigenvalue weighted by Gasteiger charge is 2.12. The third-order valence-electron chi connectivity index (χ3n) is 3.63. The van der Waals surface area contributed by atoms with Crippen molar-refractivity contribution in [3.63, 3.8) is 0 Å². The Morgan fingerprint density at radius 1 is 1.27 bits per heavy atom. The number of nitro groups is 1. The van der Waals surface area contributed by atoms with E-state index in [1.807, 2.05) is 24.3 Å². The molecule has 5 nitrogen and oxygen atoms in total. The predicted octanol–water partition coefficient (Wildman–Crippen LogP) is 4.56. The maximum Gasteiger partial charge on any atom is 0.311 e. The highest BCUT2D eigenvalue weighted by atomic mass is 16.6. The van der Waals surface area contributed by atoms with Crippen LogP contribution in [0.25, 0.3) is 0 Å². The van der Waals surface area contributed by atoms with Crippen molar-refractivity contribution in [3.8, 4) is 5.75 Å². The molecule has 22 heavy (non-hydrogen) atoms. The van der Waals surface area contributed by atoms with Gasteiger partial charge in [0, 0.05) is 12.3 Å². The van der Waals surface area contributed by atoms with Crippen LogP contribution >= 0.6 is 0 Å². The Hall–Kier alpha value is -2.69. The molecule has 0 bridgehead atoms. The number of phenolic OH excluding ortho intramolecular Hbond substituents is 1. The van der Waals surface area contributed by atoms with E-state index in [0.29, 0.717) is 11.5 Å². The van der Waals surface area contributed by atoms with Crippen molar-refractivity contribution in [2.24, 2.45) is 4.99 Å². The van der Waals surface area contributed by atoms with Crippen molar-refractivity contribution in [1.82, 2.24) is 0 Å². The van der Waals surface area contributed by atoms with Crippen molar-refractivity contribution in [3.05, 3.63) is 63.7 Å². The van der Waals surface area contributed by atoms with Crippen molar-refractivity contribution >= 4 is 17.6 Å². The summed E-state index contributed by atoms with van der Waals surface area (Å²) < 4.78 is 0. The predicted molar refractivity (Wildman–Crippen MR) is 87.2 cm³/mol. The molecule has 2 aromatic carbocycles. The largest absolute Gasteiger partial charge is 0.502 e. The second kappa shape index (κ2) is 6.85. The van der Waals surface area contributed by atoms with Crippen molar-refractivity contribution < 1.29 is 10.0 Å².